The van der Waals surface area contributed by atoms with Gasteiger partial charge in [0.1, 0.15) is 35.1 Å². The number of hydrogen-bond donors (Lipinski definition) is 0. The minimum Gasteiger partial charge on any atom is -1.00 e. The molecule has 3 rings (SSSR count). The van der Waals surface area contributed by atoms with Gasteiger partial charge >= 0.3 is 0 Å². The maximum Gasteiger partial charge on any atom is 0.130 e. The molecule has 0 fully saturated rings. The number of halogens is 1. The topological polar surface area (TPSA) is 9.23 Å². The highest BCUT2D eigenvalue weighted by Crippen LogP contribution is 2.56. The zero-order chi connectivity index (χ0) is 17.5. The van der Waals surface area contributed by atoms with Gasteiger partial charge < -0.3 is 28.7 Å². The van der Waals surface area contributed by atoms with E-state index in [1.165, 1.54) is 15.9 Å². The van der Waals surface area contributed by atoms with Gasteiger partial charge in [0.15, 0.2) is 0 Å². The lowest BCUT2D eigenvalue weighted by atomic mass is 10.4. The molecular formula is C23H24IOP. The van der Waals surface area contributed by atoms with Gasteiger partial charge in [0.05, 0.1) is 6.61 Å². The van der Waals surface area contributed by atoms with Crippen molar-refractivity contribution < 1.29 is 28.7 Å². The predicted octanol–water partition coefficient (Wildman–Crippen LogP) is 1.53. The molecule has 0 aliphatic carbocycles. The van der Waals surface area contributed by atoms with E-state index >= 15 is 0 Å². The largest absolute Gasteiger partial charge is 1.00 e. The summed E-state index contributed by atoms with van der Waals surface area (Å²) in [5.74, 6) is 0.854. The highest BCUT2D eigenvalue weighted by molar-refractivity contribution is 7.95. The summed E-state index contributed by atoms with van der Waals surface area (Å²) in [6, 6.07) is 32.4. The Morgan fingerprint density at radius 2 is 1.08 bits per heavy atom. The molecule has 26 heavy (non-hydrogen) atoms. The van der Waals surface area contributed by atoms with Crippen molar-refractivity contribution in [2.45, 2.75) is 6.92 Å². The van der Waals surface area contributed by atoms with Crippen LogP contribution in [0.3, 0.4) is 0 Å². The second-order valence-electron chi connectivity index (χ2n) is 5.95. The summed E-state index contributed by atoms with van der Waals surface area (Å²) >= 11 is 0. The van der Waals surface area contributed by atoms with Gasteiger partial charge in [-0.15, -0.1) is 0 Å². The summed E-state index contributed by atoms with van der Waals surface area (Å²) in [5.41, 5.74) is 0. The summed E-state index contributed by atoms with van der Waals surface area (Å²) < 4.78 is 5.80. The van der Waals surface area contributed by atoms with Gasteiger partial charge in [-0.1, -0.05) is 61.2 Å². The first-order chi connectivity index (χ1) is 12.3. The second-order valence-corrected chi connectivity index (χ2v) is 9.43. The van der Waals surface area contributed by atoms with E-state index in [9.17, 15) is 0 Å². The van der Waals surface area contributed by atoms with E-state index in [1.807, 2.05) is 6.92 Å². The van der Waals surface area contributed by atoms with E-state index in [0.29, 0.717) is 6.61 Å². The minimum atomic E-state index is -1.86. The van der Waals surface area contributed by atoms with Gasteiger partial charge in [-0.05, 0) is 43.3 Å². The van der Waals surface area contributed by atoms with Gasteiger partial charge in [0, 0.05) is 0 Å². The van der Waals surface area contributed by atoms with Crippen molar-refractivity contribution in [3.63, 3.8) is 0 Å². The molecule has 0 heterocycles. The first kappa shape index (κ1) is 20.7. The molecule has 0 saturated heterocycles. The van der Waals surface area contributed by atoms with Crippen molar-refractivity contribution in [1.29, 1.82) is 0 Å². The molecule has 1 nitrogen and oxygen atoms in total. The summed E-state index contributed by atoms with van der Waals surface area (Å²) in [6.45, 7) is 6.87. The quantitative estimate of drug-likeness (QED) is 0.287. The summed E-state index contributed by atoms with van der Waals surface area (Å²) in [7, 11) is -1.86. The highest BCUT2D eigenvalue weighted by atomic mass is 127. The fourth-order valence-electron chi connectivity index (χ4n) is 3.28. The second kappa shape index (κ2) is 9.89. The van der Waals surface area contributed by atoms with E-state index in [2.05, 4.69) is 97.6 Å². The normalized spacial score (nSPS) is 10.7. The molecule has 3 aromatic carbocycles. The highest BCUT2D eigenvalue weighted by Gasteiger charge is 2.46. The Balaban J connectivity index is 0.00000243. The van der Waals surface area contributed by atoms with E-state index < -0.39 is 7.26 Å². The van der Waals surface area contributed by atoms with Crippen LogP contribution < -0.4 is 39.9 Å². The van der Waals surface area contributed by atoms with Crippen LogP contribution in [0.25, 0.3) is 0 Å². The predicted molar refractivity (Wildman–Crippen MR) is 111 cm³/mol. The van der Waals surface area contributed by atoms with Gasteiger partial charge in [-0.25, -0.2) is 0 Å². The molecule has 134 valence electrons. The lowest BCUT2D eigenvalue weighted by Gasteiger charge is -2.28. The Hall–Kier alpha value is -1.64. The van der Waals surface area contributed by atoms with Gasteiger partial charge in [-0.3, -0.25) is 0 Å². The Morgan fingerprint density at radius 3 is 1.38 bits per heavy atom. The molecule has 0 bridgehead atoms. The van der Waals surface area contributed by atoms with E-state index in [-0.39, 0.29) is 24.0 Å². The Bertz CT molecular complexity index is 707. The molecule has 0 amide bonds. The Morgan fingerprint density at radius 1 is 0.731 bits per heavy atom. The molecule has 0 N–H and O–H groups in total. The third-order valence-corrected chi connectivity index (χ3v) is 8.72. The zero-order valence-electron chi connectivity index (χ0n) is 15.0. The Labute approximate surface area is 174 Å². The lowest BCUT2D eigenvalue weighted by Crippen LogP contribution is -3.00. The van der Waals surface area contributed by atoms with Crippen LogP contribution in [0.4, 0.5) is 0 Å². The fourth-order valence-corrected chi connectivity index (χ4v) is 7.39. The molecule has 0 aliphatic heterocycles. The van der Waals surface area contributed by atoms with Crippen molar-refractivity contribution >= 4 is 23.2 Å². The molecule has 0 unspecified atom stereocenters. The van der Waals surface area contributed by atoms with Crippen LogP contribution in [0.5, 0.6) is 0 Å². The third kappa shape index (κ3) is 4.36. The maximum absolute atomic E-state index is 5.80. The average Bonchev–Trinajstić information content (AvgIpc) is 2.68. The lowest BCUT2D eigenvalue weighted by molar-refractivity contribution is -0.00000587. The van der Waals surface area contributed by atoms with Crippen LogP contribution in [0.1, 0.15) is 6.92 Å². The van der Waals surface area contributed by atoms with Crippen molar-refractivity contribution in [2.75, 3.05) is 12.8 Å². The minimum absolute atomic E-state index is 0. The number of allylic oxidation sites excluding steroid dienone is 1. The van der Waals surface area contributed by atoms with Crippen LogP contribution in [0, 0.1) is 0 Å². The SMILES string of the molecule is C=C(C[P+](c1ccccc1)(c1ccccc1)c1ccccc1)OCC.[I-]. The molecule has 0 spiro atoms. The van der Waals surface area contributed by atoms with Crippen molar-refractivity contribution in [1.82, 2.24) is 0 Å². The molecule has 0 radical (unpaired) electrons. The van der Waals surface area contributed by atoms with Gasteiger partial charge in [0.25, 0.3) is 0 Å². The number of benzene rings is 3. The molecular weight excluding hydrogens is 450 g/mol. The van der Waals surface area contributed by atoms with E-state index in [4.69, 9.17) is 4.74 Å². The number of rotatable bonds is 7. The van der Waals surface area contributed by atoms with Crippen LogP contribution in [0.15, 0.2) is 103 Å². The van der Waals surface area contributed by atoms with E-state index in [0.717, 1.165) is 11.9 Å². The zero-order valence-corrected chi connectivity index (χ0v) is 18.1. The van der Waals surface area contributed by atoms with Gasteiger partial charge in [-0.2, -0.15) is 0 Å². The average molecular weight is 474 g/mol. The van der Waals surface area contributed by atoms with Crippen LogP contribution in [-0.4, -0.2) is 12.8 Å². The first-order valence-electron chi connectivity index (χ1n) is 8.63. The standard InChI is InChI=1S/C23H24OP.HI/c1-3-24-20(2)19-25(21-13-7-4-8-14-21,22-15-9-5-10-16-22)23-17-11-6-12-18-23;/h4-18H,2-3,19H2,1H3;1H/q+1;/p-1. The summed E-state index contributed by atoms with van der Waals surface area (Å²) in [5, 5.41) is 4.06. The summed E-state index contributed by atoms with van der Waals surface area (Å²) in [6.07, 6.45) is 0.818. The molecule has 0 aromatic heterocycles. The Kier molecular flexibility index (Phi) is 7.86. The van der Waals surface area contributed by atoms with Crippen LogP contribution in [-0.2, 0) is 4.74 Å². The van der Waals surface area contributed by atoms with Crippen molar-refractivity contribution in [3.05, 3.63) is 103 Å². The van der Waals surface area contributed by atoms with Crippen LogP contribution >= 0.6 is 7.26 Å². The molecule has 3 heteroatoms. The van der Waals surface area contributed by atoms with Crippen molar-refractivity contribution in [3.8, 4) is 0 Å². The fraction of sp³-hybridized carbons (Fsp3) is 0.130. The summed E-state index contributed by atoms with van der Waals surface area (Å²) in [4.78, 5) is 0. The molecule has 0 atom stereocenters. The smallest absolute Gasteiger partial charge is 0.130 e. The molecule has 3 aromatic rings. The monoisotopic (exact) mass is 474 g/mol. The molecule has 0 saturated carbocycles. The number of hydrogen-bond acceptors (Lipinski definition) is 1. The van der Waals surface area contributed by atoms with Crippen molar-refractivity contribution in [2.24, 2.45) is 0 Å². The first-order valence-corrected chi connectivity index (χ1v) is 10.6. The third-order valence-electron chi connectivity index (χ3n) is 4.35. The number of ether oxygens (including phenoxy) is 1. The maximum atomic E-state index is 5.80. The van der Waals surface area contributed by atoms with Crippen LogP contribution in [0.2, 0.25) is 0 Å². The van der Waals surface area contributed by atoms with E-state index in [1.54, 1.807) is 0 Å². The van der Waals surface area contributed by atoms with Gasteiger partial charge in [0.2, 0.25) is 0 Å². The molecule has 0 aliphatic rings.